The average molecular weight is 467 g/mol. The Hall–Kier alpha value is -4.53. The summed E-state index contributed by atoms with van der Waals surface area (Å²) in [7, 11) is 0. The molecule has 6 rings (SSSR count). The first-order chi connectivity index (χ1) is 17.1. The fourth-order valence-corrected chi connectivity index (χ4v) is 4.21. The lowest BCUT2D eigenvalue weighted by Crippen LogP contribution is -2.24. The molecular formula is C26H22N6O3. The Kier molecular flexibility index (Phi) is 5.21. The molecule has 1 saturated heterocycles. The van der Waals surface area contributed by atoms with Gasteiger partial charge in [-0.05, 0) is 55.8 Å². The maximum Gasteiger partial charge on any atom is 0.257 e. The zero-order valence-electron chi connectivity index (χ0n) is 19.1. The number of ether oxygens (including phenoxy) is 1. The van der Waals surface area contributed by atoms with Gasteiger partial charge in [-0.2, -0.15) is 4.98 Å². The first-order valence-corrected chi connectivity index (χ1v) is 11.4. The number of nitrogens with zero attached hydrogens (tertiary/aromatic N) is 5. The Morgan fingerprint density at radius 1 is 1.11 bits per heavy atom. The van der Waals surface area contributed by atoms with Crippen LogP contribution in [0.15, 0.2) is 65.3 Å². The van der Waals surface area contributed by atoms with Crippen molar-refractivity contribution in [1.29, 1.82) is 0 Å². The van der Waals surface area contributed by atoms with Gasteiger partial charge in [0, 0.05) is 42.9 Å². The summed E-state index contributed by atoms with van der Waals surface area (Å²) in [6.07, 6.45) is 3.20. The summed E-state index contributed by atoms with van der Waals surface area (Å²) in [5, 5.41) is 3.84. The number of aromatic amines is 1. The SMILES string of the molecule is Cc1noc(-c2ccc(Oc3cc4nc(-c5ccccn5)[nH]c4cc3CN3CCCC3=O)cc2)n1. The van der Waals surface area contributed by atoms with Crippen LogP contribution in [-0.4, -0.2) is 42.4 Å². The number of likely N-dealkylation sites (tertiary alicyclic amines) is 1. The molecule has 1 aliphatic rings. The number of aromatic nitrogens is 5. The molecule has 1 N–H and O–H groups in total. The number of pyridine rings is 1. The Bertz CT molecular complexity index is 1510. The van der Waals surface area contributed by atoms with E-state index in [1.54, 1.807) is 13.1 Å². The third kappa shape index (κ3) is 4.23. The van der Waals surface area contributed by atoms with Crippen molar-refractivity contribution in [3.8, 4) is 34.5 Å². The molecule has 9 nitrogen and oxygen atoms in total. The van der Waals surface area contributed by atoms with Gasteiger partial charge in [0.2, 0.25) is 5.91 Å². The summed E-state index contributed by atoms with van der Waals surface area (Å²) in [5.41, 5.74) is 4.09. The number of carbonyl (C=O) groups excluding carboxylic acids is 1. The minimum absolute atomic E-state index is 0.161. The molecule has 9 heteroatoms. The van der Waals surface area contributed by atoms with Gasteiger partial charge in [0.05, 0.1) is 11.0 Å². The van der Waals surface area contributed by atoms with E-state index >= 15 is 0 Å². The van der Waals surface area contributed by atoms with Gasteiger partial charge < -0.3 is 19.1 Å². The highest BCUT2D eigenvalue weighted by molar-refractivity contribution is 5.82. The third-order valence-electron chi connectivity index (χ3n) is 5.96. The molecule has 2 aromatic carbocycles. The number of rotatable bonds is 6. The van der Waals surface area contributed by atoms with Crippen molar-refractivity contribution in [3.63, 3.8) is 0 Å². The molecule has 5 aromatic rings. The zero-order valence-corrected chi connectivity index (χ0v) is 19.1. The van der Waals surface area contributed by atoms with Crippen LogP contribution in [-0.2, 0) is 11.3 Å². The van der Waals surface area contributed by atoms with Crippen LogP contribution in [0, 0.1) is 6.92 Å². The molecule has 174 valence electrons. The number of imidazole rings is 1. The molecule has 0 unspecified atom stereocenters. The van der Waals surface area contributed by atoms with Crippen LogP contribution in [0.25, 0.3) is 34.0 Å². The number of nitrogens with one attached hydrogen (secondary N) is 1. The summed E-state index contributed by atoms with van der Waals surface area (Å²) in [5.74, 6) is 3.19. The minimum Gasteiger partial charge on any atom is -0.457 e. The Morgan fingerprint density at radius 2 is 2.00 bits per heavy atom. The summed E-state index contributed by atoms with van der Waals surface area (Å²) < 4.78 is 11.5. The molecular weight excluding hydrogens is 444 g/mol. The van der Waals surface area contributed by atoms with E-state index in [9.17, 15) is 4.79 Å². The molecule has 4 heterocycles. The van der Waals surface area contributed by atoms with Crippen LogP contribution in [0.3, 0.4) is 0 Å². The van der Waals surface area contributed by atoms with Crippen molar-refractivity contribution in [2.75, 3.05) is 6.54 Å². The highest BCUT2D eigenvalue weighted by atomic mass is 16.5. The first-order valence-electron chi connectivity index (χ1n) is 11.4. The van der Waals surface area contributed by atoms with E-state index in [-0.39, 0.29) is 5.91 Å². The summed E-state index contributed by atoms with van der Waals surface area (Å²) in [6.45, 7) is 3.00. The highest BCUT2D eigenvalue weighted by Gasteiger charge is 2.22. The van der Waals surface area contributed by atoms with Crippen molar-refractivity contribution >= 4 is 16.9 Å². The average Bonchev–Trinajstić information content (AvgIpc) is 3.60. The lowest BCUT2D eigenvalue weighted by Gasteiger charge is -2.18. The maximum atomic E-state index is 12.3. The molecule has 0 bridgehead atoms. The van der Waals surface area contributed by atoms with Gasteiger partial charge in [-0.1, -0.05) is 11.2 Å². The topological polar surface area (TPSA) is 110 Å². The van der Waals surface area contributed by atoms with Crippen molar-refractivity contribution in [1.82, 2.24) is 30.0 Å². The van der Waals surface area contributed by atoms with Gasteiger partial charge in [0.15, 0.2) is 11.6 Å². The van der Waals surface area contributed by atoms with Gasteiger partial charge >= 0.3 is 0 Å². The lowest BCUT2D eigenvalue weighted by atomic mass is 10.1. The molecule has 0 atom stereocenters. The van der Waals surface area contributed by atoms with Crippen LogP contribution >= 0.6 is 0 Å². The van der Waals surface area contributed by atoms with Gasteiger partial charge in [0.1, 0.15) is 17.2 Å². The Morgan fingerprint density at radius 3 is 2.71 bits per heavy atom. The normalized spacial score (nSPS) is 13.6. The van der Waals surface area contributed by atoms with Crippen molar-refractivity contribution < 1.29 is 14.1 Å². The molecule has 0 aliphatic carbocycles. The second-order valence-corrected chi connectivity index (χ2v) is 8.47. The monoisotopic (exact) mass is 466 g/mol. The van der Waals surface area contributed by atoms with Crippen LogP contribution in [0.5, 0.6) is 11.5 Å². The van der Waals surface area contributed by atoms with Crippen molar-refractivity contribution in [3.05, 3.63) is 72.2 Å². The van der Waals surface area contributed by atoms with E-state index in [2.05, 4.69) is 20.1 Å². The van der Waals surface area contributed by atoms with E-state index in [1.165, 1.54) is 0 Å². The van der Waals surface area contributed by atoms with E-state index in [0.717, 1.165) is 40.8 Å². The smallest absolute Gasteiger partial charge is 0.257 e. The quantitative estimate of drug-likeness (QED) is 0.379. The molecule has 1 amide bonds. The Labute approximate surface area is 200 Å². The summed E-state index contributed by atoms with van der Waals surface area (Å²) in [4.78, 5) is 30.9. The largest absolute Gasteiger partial charge is 0.457 e. The number of carbonyl (C=O) groups is 1. The van der Waals surface area contributed by atoms with E-state index < -0.39 is 0 Å². The third-order valence-corrected chi connectivity index (χ3v) is 5.96. The number of H-pyrrole nitrogens is 1. The number of aryl methyl sites for hydroxylation is 1. The van der Waals surface area contributed by atoms with Crippen LogP contribution in [0.4, 0.5) is 0 Å². The van der Waals surface area contributed by atoms with E-state index in [4.69, 9.17) is 14.2 Å². The fourth-order valence-electron chi connectivity index (χ4n) is 4.21. The summed E-state index contributed by atoms with van der Waals surface area (Å²) in [6, 6.07) is 17.1. The number of benzene rings is 2. The van der Waals surface area contributed by atoms with Gasteiger partial charge in [-0.25, -0.2) is 4.98 Å². The second kappa shape index (κ2) is 8.68. The van der Waals surface area contributed by atoms with E-state index in [1.807, 2.05) is 59.5 Å². The number of amides is 1. The lowest BCUT2D eigenvalue weighted by molar-refractivity contribution is -0.128. The standard InChI is InChI=1S/C26H22N6O3/c1-16-28-26(35-31-16)17-7-9-19(10-8-17)34-23-14-22-21(13-18(23)15-32-12-4-6-24(32)33)29-25(30-22)20-5-2-3-11-27-20/h2-3,5,7-11,13-14H,4,6,12,15H2,1H3,(H,29,30). The number of fused-ring (bicyclic) bond motifs is 1. The highest BCUT2D eigenvalue weighted by Crippen LogP contribution is 2.33. The Balaban J connectivity index is 1.35. The van der Waals surface area contributed by atoms with Gasteiger partial charge in [-0.15, -0.1) is 0 Å². The van der Waals surface area contributed by atoms with E-state index in [0.29, 0.717) is 42.0 Å². The molecule has 1 fully saturated rings. The molecule has 0 saturated carbocycles. The number of hydrogen-bond donors (Lipinski definition) is 1. The molecule has 0 spiro atoms. The molecule has 35 heavy (non-hydrogen) atoms. The maximum absolute atomic E-state index is 12.3. The van der Waals surface area contributed by atoms with Crippen molar-refractivity contribution in [2.45, 2.75) is 26.3 Å². The van der Waals surface area contributed by atoms with Crippen LogP contribution in [0.1, 0.15) is 24.2 Å². The number of hydrogen-bond acceptors (Lipinski definition) is 7. The van der Waals surface area contributed by atoms with Crippen LogP contribution in [0.2, 0.25) is 0 Å². The van der Waals surface area contributed by atoms with Gasteiger partial charge in [0.25, 0.3) is 5.89 Å². The predicted molar refractivity (Wildman–Crippen MR) is 129 cm³/mol. The fraction of sp³-hybridized carbons (Fsp3) is 0.192. The second-order valence-electron chi connectivity index (χ2n) is 8.47. The molecule has 0 radical (unpaired) electrons. The zero-order chi connectivity index (χ0) is 23.8. The minimum atomic E-state index is 0.161. The molecule has 1 aliphatic heterocycles. The van der Waals surface area contributed by atoms with Gasteiger partial charge in [-0.3, -0.25) is 9.78 Å². The van der Waals surface area contributed by atoms with Crippen LogP contribution < -0.4 is 4.74 Å². The predicted octanol–water partition coefficient (Wildman–Crippen LogP) is 4.90. The molecule has 3 aromatic heterocycles. The first kappa shape index (κ1) is 21.0. The summed E-state index contributed by atoms with van der Waals surface area (Å²) >= 11 is 0. The van der Waals surface area contributed by atoms with Crippen molar-refractivity contribution in [2.24, 2.45) is 0 Å².